The second-order valence-corrected chi connectivity index (χ2v) is 7.58. The van der Waals surface area contributed by atoms with Gasteiger partial charge >= 0.3 is 6.03 Å². The van der Waals surface area contributed by atoms with Crippen LogP contribution in [0.5, 0.6) is 0 Å². The Morgan fingerprint density at radius 1 is 0.929 bits per heavy atom. The first-order valence-electron chi connectivity index (χ1n) is 10.1. The van der Waals surface area contributed by atoms with Crippen LogP contribution in [0.4, 0.5) is 10.5 Å². The summed E-state index contributed by atoms with van der Waals surface area (Å²) < 4.78 is 5.48. The number of amides is 3. The normalized spacial score (nSPS) is 17.7. The first-order valence-corrected chi connectivity index (χ1v) is 10.1. The minimum atomic E-state index is -0.0715. The van der Waals surface area contributed by atoms with Crippen molar-refractivity contribution >= 4 is 17.6 Å². The highest BCUT2D eigenvalue weighted by Gasteiger charge is 2.33. The van der Waals surface area contributed by atoms with Crippen molar-refractivity contribution in [1.82, 2.24) is 9.80 Å². The van der Waals surface area contributed by atoms with Crippen LogP contribution in [0.1, 0.15) is 31.4 Å². The number of likely N-dealkylation sites (tertiary alicyclic amines) is 2. The van der Waals surface area contributed by atoms with Gasteiger partial charge in [-0.05, 0) is 49.9 Å². The fourth-order valence-electron chi connectivity index (χ4n) is 4.11. The summed E-state index contributed by atoms with van der Waals surface area (Å²) in [6, 6.07) is 13.6. The zero-order valence-electron chi connectivity index (χ0n) is 16.1. The molecule has 0 saturated carbocycles. The maximum absolute atomic E-state index is 13.3. The van der Waals surface area contributed by atoms with Gasteiger partial charge in [-0.25, -0.2) is 4.79 Å². The van der Waals surface area contributed by atoms with E-state index in [1.54, 1.807) is 11.2 Å². The lowest BCUT2D eigenvalue weighted by atomic mass is 9.95. The molecule has 0 unspecified atom stereocenters. The Kier molecular flexibility index (Phi) is 5.65. The number of anilines is 1. The average molecular weight is 381 g/mol. The van der Waals surface area contributed by atoms with E-state index >= 15 is 0 Å². The van der Waals surface area contributed by atoms with Crippen LogP contribution >= 0.6 is 0 Å². The van der Waals surface area contributed by atoms with Crippen LogP contribution in [0.15, 0.2) is 53.1 Å². The number of piperidine rings is 1. The smallest absolute Gasteiger partial charge is 0.319 e. The van der Waals surface area contributed by atoms with Crippen LogP contribution in [0, 0.1) is 5.92 Å². The second-order valence-electron chi connectivity index (χ2n) is 7.58. The number of hydrogen-bond acceptors (Lipinski definition) is 3. The van der Waals surface area contributed by atoms with E-state index in [1.807, 2.05) is 52.3 Å². The summed E-state index contributed by atoms with van der Waals surface area (Å²) >= 11 is 0. The lowest BCUT2D eigenvalue weighted by Gasteiger charge is -2.35. The number of benzene rings is 1. The van der Waals surface area contributed by atoms with Gasteiger partial charge in [0.05, 0.1) is 12.8 Å². The van der Waals surface area contributed by atoms with Crippen molar-refractivity contribution in [2.75, 3.05) is 31.1 Å². The number of carbonyl (C=O) groups excluding carboxylic acids is 2. The number of rotatable bonds is 4. The third-order valence-corrected chi connectivity index (χ3v) is 5.72. The maximum atomic E-state index is 13.3. The monoisotopic (exact) mass is 381 g/mol. The summed E-state index contributed by atoms with van der Waals surface area (Å²) in [4.78, 5) is 31.6. The van der Waals surface area contributed by atoms with E-state index in [0.717, 1.165) is 37.4 Å². The van der Waals surface area contributed by atoms with Crippen LogP contribution in [-0.4, -0.2) is 47.9 Å². The number of nitrogens with zero attached hydrogens (tertiary/aromatic N) is 3. The van der Waals surface area contributed by atoms with Gasteiger partial charge in [-0.15, -0.1) is 0 Å². The zero-order chi connectivity index (χ0) is 19.3. The molecule has 0 atom stereocenters. The van der Waals surface area contributed by atoms with E-state index in [2.05, 4.69) is 0 Å². The van der Waals surface area contributed by atoms with Gasteiger partial charge in [0.25, 0.3) is 0 Å². The van der Waals surface area contributed by atoms with Crippen molar-refractivity contribution in [2.45, 2.75) is 32.2 Å². The predicted molar refractivity (Wildman–Crippen MR) is 107 cm³/mol. The third-order valence-electron chi connectivity index (χ3n) is 5.72. The molecule has 2 saturated heterocycles. The molecule has 0 spiro atoms. The molecule has 0 bridgehead atoms. The van der Waals surface area contributed by atoms with Crippen LogP contribution < -0.4 is 4.90 Å². The van der Waals surface area contributed by atoms with Gasteiger partial charge in [-0.1, -0.05) is 18.2 Å². The summed E-state index contributed by atoms with van der Waals surface area (Å²) in [7, 11) is 0. The molecule has 2 aromatic rings. The number of urea groups is 1. The quantitative estimate of drug-likeness (QED) is 0.811. The van der Waals surface area contributed by atoms with E-state index in [1.165, 1.54) is 0 Å². The molecule has 2 aliphatic rings. The average Bonchev–Trinajstić information content (AvgIpc) is 3.46. The van der Waals surface area contributed by atoms with Gasteiger partial charge < -0.3 is 19.1 Å². The van der Waals surface area contributed by atoms with Crippen molar-refractivity contribution < 1.29 is 14.0 Å². The van der Waals surface area contributed by atoms with Crippen LogP contribution in [-0.2, 0) is 11.3 Å². The fourth-order valence-corrected chi connectivity index (χ4v) is 4.11. The number of carbonyl (C=O) groups is 2. The van der Waals surface area contributed by atoms with Crippen molar-refractivity contribution in [3.63, 3.8) is 0 Å². The van der Waals surface area contributed by atoms with Gasteiger partial charge in [-0.2, -0.15) is 0 Å². The Bertz CT molecular complexity index is 777. The van der Waals surface area contributed by atoms with Crippen LogP contribution in [0.2, 0.25) is 0 Å². The first-order chi connectivity index (χ1) is 13.7. The van der Waals surface area contributed by atoms with E-state index < -0.39 is 0 Å². The Morgan fingerprint density at radius 3 is 2.25 bits per heavy atom. The van der Waals surface area contributed by atoms with E-state index in [4.69, 9.17) is 4.42 Å². The summed E-state index contributed by atoms with van der Waals surface area (Å²) in [5.74, 6) is 0.799. The minimum Gasteiger partial charge on any atom is -0.467 e. The van der Waals surface area contributed by atoms with E-state index in [-0.39, 0.29) is 17.9 Å². The first kappa shape index (κ1) is 18.6. The predicted octanol–water partition coefficient (Wildman–Crippen LogP) is 3.74. The Labute approximate surface area is 165 Å². The molecule has 0 radical (unpaired) electrons. The molecule has 1 aromatic carbocycles. The van der Waals surface area contributed by atoms with Gasteiger partial charge in [0.15, 0.2) is 0 Å². The van der Waals surface area contributed by atoms with Crippen molar-refractivity contribution in [1.29, 1.82) is 0 Å². The Hall–Kier alpha value is -2.76. The third kappa shape index (κ3) is 4.06. The van der Waals surface area contributed by atoms with Gasteiger partial charge in [0, 0.05) is 37.8 Å². The van der Waals surface area contributed by atoms with E-state index in [9.17, 15) is 9.59 Å². The summed E-state index contributed by atoms with van der Waals surface area (Å²) in [6.45, 7) is 3.44. The van der Waals surface area contributed by atoms with Gasteiger partial charge in [0.1, 0.15) is 5.76 Å². The highest BCUT2D eigenvalue weighted by atomic mass is 16.3. The molecular formula is C22H27N3O3. The standard InChI is InChI=1S/C22H27N3O3/c26-21(18-10-14-24(15-11-18)22(27)23-12-4-5-13-23)25(17-20-9-6-16-28-20)19-7-2-1-3-8-19/h1-3,6-9,16,18H,4-5,10-15,17H2. The molecule has 6 nitrogen and oxygen atoms in total. The molecule has 3 amide bonds. The molecule has 0 aliphatic carbocycles. The summed E-state index contributed by atoms with van der Waals surface area (Å²) in [6.07, 6.45) is 5.24. The highest BCUT2D eigenvalue weighted by Crippen LogP contribution is 2.26. The van der Waals surface area contributed by atoms with Gasteiger partial charge in [0.2, 0.25) is 5.91 Å². The molecule has 0 N–H and O–H groups in total. The molecule has 148 valence electrons. The molecule has 2 fully saturated rings. The maximum Gasteiger partial charge on any atom is 0.319 e. The largest absolute Gasteiger partial charge is 0.467 e. The lowest BCUT2D eigenvalue weighted by Crippen LogP contribution is -2.48. The Balaban J connectivity index is 1.42. The van der Waals surface area contributed by atoms with E-state index in [0.29, 0.717) is 32.5 Å². The lowest BCUT2D eigenvalue weighted by molar-refractivity contribution is -0.123. The number of hydrogen-bond donors (Lipinski definition) is 0. The fraction of sp³-hybridized carbons (Fsp3) is 0.455. The van der Waals surface area contributed by atoms with Crippen LogP contribution in [0.25, 0.3) is 0 Å². The van der Waals surface area contributed by atoms with Crippen molar-refractivity contribution in [2.24, 2.45) is 5.92 Å². The topological polar surface area (TPSA) is 57.0 Å². The van der Waals surface area contributed by atoms with Crippen LogP contribution in [0.3, 0.4) is 0 Å². The zero-order valence-corrected chi connectivity index (χ0v) is 16.1. The van der Waals surface area contributed by atoms with Crippen molar-refractivity contribution in [3.05, 3.63) is 54.5 Å². The Morgan fingerprint density at radius 2 is 1.61 bits per heavy atom. The molecule has 1 aromatic heterocycles. The number of para-hydroxylation sites is 1. The molecule has 28 heavy (non-hydrogen) atoms. The molecule has 3 heterocycles. The molecule has 6 heteroatoms. The van der Waals surface area contributed by atoms with Gasteiger partial charge in [-0.3, -0.25) is 4.79 Å². The highest BCUT2D eigenvalue weighted by molar-refractivity contribution is 5.95. The minimum absolute atomic E-state index is 0.0715. The molecule has 2 aliphatic heterocycles. The molecular weight excluding hydrogens is 354 g/mol. The second kappa shape index (κ2) is 8.50. The van der Waals surface area contributed by atoms with Crippen molar-refractivity contribution in [3.8, 4) is 0 Å². The number of furan rings is 1. The SMILES string of the molecule is O=C(N1CCCC1)N1CCC(C(=O)N(Cc2ccco2)c2ccccc2)CC1. The molecule has 4 rings (SSSR count). The summed E-state index contributed by atoms with van der Waals surface area (Å²) in [5.41, 5.74) is 0.875. The summed E-state index contributed by atoms with van der Waals surface area (Å²) in [5, 5.41) is 0.